The number of hydrogen-bond acceptors (Lipinski definition) is 0. The lowest BCUT2D eigenvalue weighted by molar-refractivity contribution is 0.332. The Morgan fingerprint density at radius 1 is 0.765 bits per heavy atom. The summed E-state index contributed by atoms with van der Waals surface area (Å²) in [6.07, 6.45) is 10.8. The molecular formula is C17H24. The molecule has 1 aromatic rings. The second-order valence-corrected chi connectivity index (χ2v) is 6.79. The molecule has 0 nitrogen and oxygen atoms in total. The van der Waals surface area contributed by atoms with Crippen LogP contribution in [0.5, 0.6) is 0 Å². The summed E-state index contributed by atoms with van der Waals surface area (Å²) in [7, 11) is 0. The van der Waals surface area contributed by atoms with Gasteiger partial charge in [0.25, 0.3) is 0 Å². The first-order valence-corrected chi connectivity index (χ1v) is 7.28. The lowest BCUT2D eigenvalue weighted by Crippen LogP contribution is -2.14. The summed E-state index contributed by atoms with van der Waals surface area (Å²) in [5, 5.41) is 0. The zero-order valence-corrected chi connectivity index (χ0v) is 11.3. The molecule has 0 heteroatoms. The molecule has 17 heavy (non-hydrogen) atoms. The van der Waals surface area contributed by atoms with E-state index in [9.17, 15) is 0 Å². The van der Waals surface area contributed by atoms with Gasteiger partial charge in [-0.2, -0.15) is 0 Å². The molecule has 92 valence electrons. The molecule has 1 aromatic carbocycles. The third-order valence-corrected chi connectivity index (χ3v) is 4.63. The van der Waals surface area contributed by atoms with Gasteiger partial charge in [0.2, 0.25) is 0 Å². The highest BCUT2D eigenvalue weighted by atomic mass is 14.3. The molecule has 0 aliphatic heterocycles. The summed E-state index contributed by atoms with van der Waals surface area (Å²) in [5.41, 5.74) is 7.15. The summed E-state index contributed by atoms with van der Waals surface area (Å²) >= 11 is 0. The van der Waals surface area contributed by atoms with Gasteiger partial charge in [-0.05, 0) is 79.0 Å². The third-order valence-electron chi connectivity index (χ3n) is 4.63. The summed E-state index contributed by atoms with van der Waals surface area (Å²) in [6.45, 7) is 4.86. The summed E-state index contributed by atoms with van der Waals surface area (Å²) in [4.78, 5) is 0. The first kappa shape index (κ1) is 11.3. The molecule has 3 rings (SSSR count). The Bertz CT molecular complexity index is 426. The summed E-state index contributed by atoms with van der Waals surface area (Å²) in [5.74, 6) is 0. The minimum absolute atomic E-state index is 0.508. The van der Waals surface area contributed by atoms with Crippen molar-refractivity contribution < 1.29 is 0 Å². The van der Waals surface area contributed by atoms with Crippen LogP contribution in [-0.4, -0.2) is 0 Å². The van der Waals surface area contributed by atoms with Crippen molar-refractivity contribution in [2.75, 3.05) is 0 Å². The number of fused-ring (bicyclic) bond motifs is 2. The minimum atomic E-state index is 0.508. The van der Waals surface area contributed by atoms with Crippen LogP contribution < -0.4 is 0 Å². The fourth-order valence-electron chi connectivity index (χ4n) is 3.65. The van der Waals surface area contributed by atoms with E-state index in [0.29, 0.717) is 5.41 Å². The molecule has 0 N–H and O–H groups in total. The van der Waals surface area contributed by atoms with Gasteiger partial charge in [-0.15, -0.1) is 0 Å². The quantitative estimate of drug-likeness (QED) is 0.575. The van der Waals surface area contributed by atoms with E-state index in [0.717, 1.165) is 0 Å². The molecule has 2 aliphatic carbocycles. The topological polar surface area (TPSA) is 0 Å². The fraction of sp³-hybridized carbons (Fsp3) is 0.647. The highest BCUT2D eigenvalue weighted by molar-refractivity contribution is 5.41. The molecule has 0 bridgehead atoms. The highest BCUT2D eigenvalue weighted by Crippen LogP contribution is 2.36. The van der Waals surface area contributed by atoms with E-state index >= 15 is 0 Å². The molecule has 0 unspecified atom stereocenters. The Balaban J connectivity index is 2.02. The zero-order chi connectivity index (χ0) is 11.9. The Hall–Kier alpha value is -0.780. The molecule has 0 saturated heterocycles. The molecule has 0 radical (unpaired) electrons. The number of aryl methyl sites for hydroxylation is 3. The van der Waals surface area contributed by atoms with Crippen LogP contribution in [-0.2, 0) is 25.7 Å². The molecule has 0 fully saturated rings. The Morgan fingerprint density at radius 3 is 2.00 bits per heavy atom. The summed E-state index contributed by atoms with van der Waals surface area (Å²) < 4.78 is 0. The fourth-order valence-corrected chi connectivity index (χ4v) is 3.65. The van der Waals surface area contributed by atoms with Gasteiger partial charge in [0.05, 0.1) is 0 Å². The SMILES string of the molecule is CC1(C)CCCc2cc3c(cc2C1)CCCC3. The van der Waals surface area contributed by atoms with Crippen LogP contribution in [0.2, 0.25) is 0 Å². The van der Waals surface area contributed by atoms with Gasteiger partial charge in [-0.3, -0.25) is 0 Å². The third kappa shape index (κ3) is 2.27. The second-order valence-electron chi connectivity index (χ2n) is 6.79. The van der Waals surface area contributed by atoms with Crippen molar-refractivity contribution in [2.45, 2.75) is 65.2 Å². The lowest BCUT2D eigenvalue weighted by Gasteiger charge is -2.24. The van der Waals surface area contributed by atoms with Crippen LogP contribution in [0.4, 0.5) is 0 Å². The van der Waals surface area contributed by atoms with Crippen LogP contribution in [0.3, 0.4) is 0 Å². The number of hydrogen-bond donors (Lipinski definition) is 0. The first-order chi connectivity index (χ1) is 8.14. The standard InChI is InChI=1S/C17H24/c1-17(2)9-5-8-15-10-13-6-3-4-7-14(13)11-16(15)12-17/h10-11H,3-9,12H2,1-2H3. The summed E-state index contributed by atoms with van der Waals surface area (Å²) in [6, 6.07) is 5.10. The van der Waals surface area contributed by atoms with Crippen LogP contribution in [0.25, 0.3) is 0 Å². The van der Waals surface area contributed by atoms with E-state index in [1.807, 2.05) is 0 Å². The average Bonchev–Trinajstić information content (AvgIpc) is 2.42. The molecule has 0 saturated carbocycles. The van der Waals surface area contributed by atoms with E-state index in [4.69, 9.17) is 0 Å². The maximum atomic E-state index is 2.55. The van der Waals surface area contributed by atoms with Crippen LogP contribution in [0.1, 0.15) is 61.8 Å². The molecule has 0 amide bonds. The van der Waals surface area contributed by atoms with Crippen molar-refractivity contribution in [3.05, 3.63) is 34.4 Å². The van der Waals surface area contributed by atoms with Crippen molar-refractivity contribution in [3.63, 3.8) is 0 Å². The monoisotopic (exact) mass is 228 g/mol. The van der Waals surface area contributed by atoms with Crippen LogP contribution in [0.15, 0.2) is 12.1 Å². The molecular weight excluding hydrogens is 204 g/mol. The average molecular weight is 228 g/mol. The largest absolute Gasteiger partial charge is 0.0596 e. The zero-order valence-electron chi connectivity index (χ0n) is 11.3. The van der Waals surface area contributed by atoms with E-state index in [2.05, 4.69) is 26.0 Å². The van der Waals surface area contributed by atoms with Gasteiger partial charge >= 0.3 is 0 Å². The van der Waals surface area contributed by atoms with Gasteiger partial charge in [0.15, 0.2) is 0 Å². The van der Waals surface area contributed by atoms with E-state index < -0.39 is 0 Å². The van der Waals surface area contributed by atoms with Crippen LogP contribution in [0, 0.1) is 5.41 Å². The molecule has 0 heterocycles. The highest BCUT2D eigenvalue weighted by Gasteiger charge is 2.24. The lowest BCUT2D eigenvalue weighted by atomic mass is 9.81. The van der Waals surface area contributed by atoms with Crippen molar-refractivity contribution >= 4 is 0 Å². The van der Waals surface area contributed by atoms with Gasteiger partial charge in [-0.1, -0.05) is 26.0 Å². The van der Waals surface area contributed by atoms with Gasteiger partial charge in [0, 0.05) is 0 Å². The van der Waals surface area contributed by atoms with E-state index in [-0.39, 0.29) is 0 Å². The Kier molecular flexibility index (Phi) is 2.77. The number of benzene rings is 1. The molecule has 0 spiro atoms. The molecule has 0 aromatic heterocycles. The predicted octanol–water partition coefficient (Wildman–Crippen LogP) is 4.47. The minimum Gasteiger partial charge on any atom is -0.0596 e. The van der Waals surface area contributed by atoms with Crippen molar-refractivity contribution in [1.82, 2.24) is 0 Å². The van der Waals surface area contributed by atoms with Gasteiger partial charge in [-0.25, -0.2) is 0 Å². The first-order valence-electron chi connectivity index (χ1n) is 7.28. The molecule has 0 atom stereocenters. The smallest absolute Gasteiger partial charge is 0.0224 e. The Morgan fingerprint density at radius 2 is 1.29 bits per heavy atom. The van der Waals surface area contributed by atoms with E-state index in [1.54, 1.807) is 22.3 Å². The maximum Gasteiger partial charge on any atom is -0.0224 e. The van der Waals surface area contributed by atoms with Crippen LogP contribution >= 0.6 is 0 Å². The van der Waals surface area contributed by atoms with Crippen molar-refractivity contribution in [3.8, 4) is 0 Å². The second kappa shape index (κ2) is 4.15. The Labute approximate surface area is 105 Å². The van der Waals surface area contributed by atoms with Crippen molar-refractivity contribution in [1.29, 1.82) is 0 Å². The number of rotatable bonds is 0. The molecule has 2 aliphatic rings. The predicted molar refractivity (Wildman–Crippen MR) is 73.5 cm³/mol. The maximum absolute atomic E-state index is 2.55. The normalized spacial score (nSPS) is 22.5. The van der Waals surface area contributed by atoms with E-state index in [1.165, 1.54) is 51.4 Å². The van der Waals surface area contributed by atoms with Crippen molar-refractivity contribution in [2.24, 2.45) is 5.41 Å². The van der Waals surface area contributed by atoms with Gasteiger partial charge in [0.1, 0.15) is 0 Å². The van der Waals surface area contributed by atoms with Gasteiger partial charge < -0.3 is 0 Å².